The Morgan fingerprint density at radius 1 is 0.972 bits per heavy atom. The Kier molecular flexibility index (Phi) is 8.51. The lowest BCUT2D eigenvalue weighted by Gasteiger charge is -2.27. The fraction of sp³-hybridized carbons (Fsp3) is 0.200. The van der Waals surface area contributed by atoms with E-state index in [1.165, 1.54) is 48.5 Å². The van der Waals surface area contributed by atoms with Crippen molar-refractivity contribution in [2.75, 3.05) is 6.61 Å². The predicted octanol–water partition coefficient (Wildman–Crippen LogP) is 3.28. The first-order chi connectivity index (χ1) is 17.1. The van der Waals surface area contributed by atoms with E-state index in [4.69, 9.17) is 4.74 Å². The van der Waals surface area contributed by atoms with Crippen molar-refractivity contribution in [2.45, 2.75) is 30.8 Å². The molecular formula is C25H25N3O7S. The molecule has 0 saturated heterocycles. The van der Waals surface area contributed by atoms with E-state index >= 15 is 0 Å². The minimum atomic E-state index is -4.19. The number of hydrogen-bond donors (Lipinski definition) is 2. The van der Waals surface area contributed by atoms with Crippen LogP contribution in [0.5, 0.6) is 0 Å². The molecule has 10 nitrogen and oxygen atoms in total. The highest BCUT2D eigenvalue weighted by atomic mass is 32.2. The minimum absolute atomic E-state index is 0.0196. The first kappa shape index (κ1) is 26.5. The number of carbonyl (C=O) groups excluding carboxylic acids is 2. The second-order valence-electron chi connectivity index (χ2n) is 7.83. The average Bonchev–Trinajstić information content (AvgIpc) is 2.87. The van der Waals surface area contributed by atoms with E-state index in [0.717, 1.165) is 5.56 Å². The van der Waals surface area contributed by atoms with Crippen LogP contribution in [-0.4, -0.2) is 37.9 Å². The summed E-state index contributed by atoms with van der Waals surface area (Å²) < 4.78 is 34.1. The molecule has 0 aliphatic heterocycles. The number of amides is 1. The van der Waals surface area contributed by atoms with Crippen molar-refractivity contribution in [1.82, 2.24) is 10.0 Å². The highest BCUT2D eigenvalue weighted by Gasteiger charge is 2.36. The SMILES string of the molecule is CCOC(=O)[C@@H](NC(=O)c1ccccc1)[C@@H](NS(=O)(=O)c1ccc(C)cc1)c1ccc([N+](=O)[O-])cc1. The van der Waals surface area contributed by atoms with Gasteiger partial charge in [0.05, 0.1) is 22.5 Å². The highest BCUT2D eigenvalue weighted by molar-refractivity contribution is 7.89. The molecule has 188 valence electrons. The van der Waals surface area contributed by atoms with Gasteiger partial charge in [0, 0.05) is 17.7 Å². The van der Waals surface area contributed by atoms with Gasteiger partial charge in [0.15, 0.2) is 0 Å². The monoisotopic (exact) mass is 511 g/mol. The molecule has 2 atom stereocenters. The van der Waals surface area contributed by atoms with Gasteiger partial charge in [-0.05, 0) is 43.7 Å². The second kappa shape index (κ2) is 11.6. The molecular weight excluding hydrogens is 486 g/mol. The quantitative estimate of drug-likeness (QED) is 0.241. The molecule has 0 fully saturated rings. The molecule has 0 aromatic heterocycles. The Bertz CT molecular complexity index is 1330. The van der Waals surface area contributed by atoms with Gasteiger partial charge >= 0.3 is 5.97 Å². The first-order valence-corrected chi connectivity index (χ1v) is 12.5. The number of rotatable bonds is 10. The van der Waals surface area contributed by atoms with E-state index in [0.29, 0.717) is 0 Å². The largest absolute Gasteiger partial charge is 0.464 e. The van der Waals surface area contributed by atoms with Gasteiger partial charge in [-0.3, -0.25) is 14.9 Å². The molecule has 0 saturated carbocycles. The second-order valence-corrected chi connectivity index (χ2v) is 9.54. The van der Waals surface area contributed by atoms with Crippen LogP contribution >= 0.6 is 0 Å². The van der Waals surface area contributed by atoms with Crippen molar-refractivity contribution in [1.29, 1.82) is 0 Å². The number of nitrogens with one attached hydrogen (secondary N) is 2. The fourth-order valence-corrected chi connectivity index (χ4v) is 4.65. The van der Waals surface area contributed by atoms with E-state index in [1.807, 2.05) is 0 Å². The van der Waals surface area contributed by atoms with Gasteiger partial charge in [0.25, 0.3) is 11.6 Å². The van der Waals surface area contributed by atoms with Crippen LogP contribution in [0.15, 0.2) is 83.8 Å². The van der Waals surface area contributed by atoms with Crippen molar-refractivity contribution < 1.29 is 27.7 Å². The van der Waals surface area contributed by atoms with E-state index in [9.17, 15) is 28.1 Å². The predicted molar refractivity (Wildman–Crippen MR) is 132 cm³/mol. The van der Waals surface area contributed by atoms with Gasteiger partial charge in [-0.15, -0.1) is 0 Å². The Balaban J connectivity index is 2.07. The number of aryl methyl sites for hydroxylation is 1. The molecule has 1 amide bonds. The molecule has 0 aliphatic rings. The molecule has 3 rings (SSSR count). The van der Waals surface area contributed by atoms with Crippen LogP contribution in [0.3, 0.4) is 0 Å². The molecule has 36 heavy (non-hydrogen) atoms. The number of non-ortho nitro benzene ring substituents is 1. The van der Waals surface area contributed by atoms with Gasteiger partial charge in [-0.25, -0.2) is 17.9 Å². The van der Waals surface area contributed by atoms with Crippen molar-refractivity contribution in [3.63, 3.8) is 0 Å². The smallest absolute Gasteiger partial charge is 0.330 e. The van der Waals surface area contributed by atoms with Crippen LogP contribution in [0, 0.1) is 17.0 Å². The average molecular weight is 512 g/mol. The summed E-state index contributed by atoms with van der Waals surface area (Å²) in [5.41, 5.74) is 1.08. The number of sulfonamides is 1. The van der Waals surface area contributed by atoms with Gasteiger partial charge in [0.1, 0.15) is 6.04 Å². The summed E-state index contributed by atoms with van der Waals surface area (Å²) in [6, 6.07) is 16.3. The number of ether oxygens (including phenoxy) is 1. The van der Waals surface area contributed by atoms with Gasteiger partial charge in [-0.2, -0.15) is 0 Å². The maximum absolute atomic E-state index is 13.3. The molecule has 2 N–H and O–H groups in total. The third-order valence-electron chi connectivity index (χ3n) is 5.27. The minimum Gasteiger partial charge on any atom is -0.464 e. The van der Waals surface area contributed by atoms with Gasteiger partial charge in [0.2, 0.25) is 10.0 Å². The number of hydrogen-bond acceptors (Lipinski definition) is 7. The standard InChI is InChI=1S/C25H25N3O7S/c1-3-35-25(30)23(26-24(29)19-7-5-4-6-8-19)22(18-11-13-20(14-12-18)28(31)32)27-36(33,34)21-15-9-17(2)10-16-21/h4-16,22-23,27H,3H2,1-2H3,(H,26,29)/t22-,23-/m0/s1. The summed E-state index contributed by atoms with van der Waals surface area (Å²) in [4.78, 5) is 36.4. The summed E-state index contributed by atoms with van der Waals surface area (Å²) in [6.07, 6.45) is 0. The number of nitro groups is 1. The molecule has 3 aromatic rings. The van der Waals surface area contributed by atoms with E-state index in [1.54, 1.807) is 44.2 Å². The normalized spacial score (nSPS) is 12.8. The van der Waals surface area contributed by atoms with E-state index in [2.05, 4.69) is 10.0 Å². The Hall–Kier alpha value is -4.09. The Morgan fingerprint density at radius 3 is 2.14 bits per heavy atom. The molecule has 0 radical (unpaired) electrons. The van der Waals surface area contributed by atoms with E-state index in [-0.39, 0.29) is 28.3 Å². The maximum Gasteiger partial charge on any atom is 0.330 e. The lowest BCUT2D eigenvalue weighted by molar-refractivity contribution is -0.384. The number of benzene rings is 3. The number of esters is 1. The lowest BCUT2D eigenvalue weighted by Crippen LogP contribution is -2.51. The molecule has 0 aliphatic carbocycles. The summed E-state index contributed by atoms with van der Waals surface area (Å²) in [6.45, 7) is 3.36. The summed E-state index contributed by atoms with van der Waals surface area (Å²) in [5.74, 6) is -1.51. The molecule has 0 unspecified atom stereocenters. The molecule has 0 heterocycles. The van der Waals surface area contributed by atoms with Crippen LogP contribution < -0.4 is 10.0 Å². The van der Waals surface area contributed by atoms with Crippen LogP contribution in [0.2, 0.25) is 0 Å². The zero-order chi connectivity index (χ0) is 26.3. The summed E-state index contributed by atoms with van der Waals surface area (Å²) >= 11 is 0. The third-order valence-corrected chi connectivity index (χ3v) is 6.73. The van der Waals surface area contributed by atoms with Crippen LogP contribution in [0.25, 0.3) is 0 Å². The zero-order valence-corrected chi connectivity index (χ0v) is 20.4. The Labute approximate surface area is 208 Å². The van der Waals surface area contributed by atoms with Gasteiger partial charge < -0.3 is 10.1 Å². The van der Waals surface area contributed by atoms with Crippen LogP contribution in [-0.2, 0) is 19.6 Å². The summed E-state index contributed by atoms with van der Waals surface area (Å²) in [7, 11) is -4.19. The van der Waals surface area contributed by atoms with E-state index < -0.39 is 38.9 Å². The third kappa shape index (κ3) is 6.52. The molecule has 3 aromatic carbocycles. The van der Waals surface area contributed by atoms with Crippen molar-refractivity contribution >= 4 is 27.6 Å². The van der Waals surface area contributed by atoms with Crippen LogP contribution in [0.4, 0.5) is 5.69 Å². The number of carbonyl (C=O) groups is 2. The van der Waals surface area contributed by atoms with Crippen LogP contribution in [0.1, 0.15) is 34.5 Å². The molecule has 0 bridgehead atoms. The fourth-order valence-electron chi connectivity index (χ4n) is 3.41. The zero-order valence-electron chi connectivity index (χ0n) is 19.6. The highest BCUT2D eigenvalue weighted by Crippen LogP contribution is 2.25. The van der Waals surface area contributed by atoms with Crippen molar-refractivity contribution in [3.05, 3.63) is 106 Å². The molecule has 11 heteroatoms. The van der Waals surface area contributed by atoms with Crippen molar-refractivity contribution in [3.8, 4) is 0 Å². The van der Waals surface area contributed by atoms with Gasteiger partial charge in [-0.1, -0.05) is 48.0 Å². The first-order valence-electron chi connectivity index (χ1n) is 11.0. The molecule has 0 spiro atoms. The number of nitrogens with zero attached hydrogens (tertiary/aromatic N) is 1. The Morgan fingerprint density at radius 2 is 1.58 bits per heavy atom. The lowest BCUT2D eigenvalue weighted by atomic mass is 9.99. The number of nitro benzene ring substituents is 1. The summed E-state index contributed by atoms with van der Waals surface area (Å²) in [5, 5.41) is 13.7. The maximum atomic E-state index is 13.3. The topological polar surface area (TPSA) is 145 Å². The van der Waals surface area contributed by atoms with Crippen molar-refractivity contribution in [2.24, 2.45) is 0 Å².